The molecule has 1 N–H and O–H groups in total. The van der Waals surface area contributed by atoms with Gasteiger partial charge in [-0.1, -0.05) is 30.3 Å². The highest BCUT2D eigenvalue weighted by molar-refractivity contribution is 6.39. The molecule has 1 aliphatic rings. The highest BCUT2D eigenvalue weighted by Gasteiger charge is 2.38. The summed E-state index contributed by atoms with van der Waals surface area (Å²) in [4.78, 5) is 38.9. The lowest BCUT2D eigenvalue weighted by molar-refractivity contribution is -0.122. The summed E-state index contributed by atoms with van der Waals surface area (Å²) in [6, 6.07) is 12.9. The van der Waals surface area contributed by atoms with Crippen LogP contribution in [0.3, 0.4) is 0 Å². The first-order valence-electron chi connectivity index (χ1n) is 9.31. The fourth-order valence-corrected chi connectivity index (χ4v) is 2.91. The molecule has 7 nitrogen and oxygen atoms in total. The summed E-state index contributed by atoms with van der Waals surface area (Å²) in [6.07, 6.45) is 1.35. The summed E-state index contributed by atoms with van der Waals surface area (Å²) in [7, 11) is 0. The first-order chi connectivity index (χ1) is 13.9. The number of barbiturate groups is 1. The van der Waals surface area contributed by atoms with Crippen molar-refractivity contribution in [3.8, 4) is 11.5 Å². The Balaban J connectivity index is 2.04. The second kappa shape index (κ2) is 8.60. The molecule has 2 aromatic carbocycles. The van der Waals surface area contributed by atoms with Crippen molar-refractivity contribution in [1.82, 2.24) is 5.32 Å². The molecule has 0 aliphatic carbocycles. The van der Waals surface area contributed by atoms with Gasteiger partial charge in [-0.15, -0.1) is 0 Å². The fourth-order valence-electron chi connectivity index (χ4n) is 2.91. The Morgan fingerprint density at radius 3 is 2.34 bits per heavy atom. The van der Waals surface area contributed by atoms with Crippen molar-refractivity contribution in [3.63, 3.8) is 0 Å². The molecule has 1 fully saturated rings. The Morgan fingerprint density at radius 2 is 1.66 bits per heavy atom. The summed E-state index contributed by atoms with van der Waals surface area (Å²) >= 11 is 0. The molecule has 0 saturated carbocycles. The number of imide groups is 2. The van der Waals surface area contributed by atoms with Gasteiger partial charge in [0.25, 0.3) is 11.8 Å². The zero-order chi connectivity index (χ0) is 21.0. The number of rotatable bonds is 6. The van der Waals surface area contributed by atoms with E-state index in [1.807, 2.05) is 13.8 Å². The molecule has 1 aliphatic heterocycles. The zero-order valence-corrected chi connectivity index (χ0v) is 16.5. The van der Waals surface area contributed by atoms with E-state index in [4.69, 9.17) is 9.47 Å². The van der Waals surface area contributed by atoms with Gasteiger partial charge in [0.1, 0.15) is 17.1 Å². The lowest BCUT2D eigenvalue weighted by Crippen LogP contribution is -2.54. The molecule has 3 rings (SSSR count). The highest BCUT2D eigenvalue weighted by atomic mass is 16.5. The molecule has 0 radical (unpaired) electrons. The predicted octanol–water partition coefficient (Wildman–Crippen LogP) is 3.54. The van der Waals surface area contributed by atoms with E-state index < -0.39 is 17.8 Å². The van der Waals surface area contributed by atoms with E-state index in [0.29, 0.717) is 23.7 Å². The molecule has 4 amide bonds. The molecule has 7 heteroatoms. The van der Waals surface area contributed by atoms with Crippen LogP contribution in [0.5, 0.6) is 11.5 Å². The minimum atomic E-state index is -0.823. The van der Waals surface area contributed by atoms with E-state index in [1.54, 1.807) is 55.5 Å². The number of urea groups is 1. The van der Waals surface area contributed by atoms with E-state index in [0.717, 1.165) is 4.90 Å². The van der Waals surface area contributed by atoms with Gasteiger partial charge < -0.3 is 9.47 Å². The van der Waals surface area contributed by atoms with Crippen molar-refractivity contribution in [2.45, 2.75) is 26.9 Å². The topological polar surface area (TPSA) is 84.9 Å². The number of anilines is 1. The lowest BCUT2D eigenvalue weighted by Gasteiger charge is -2.27. The molecule has 2 aromatic rings. The van der Waals surface area contributed by atoms with Crippen LogP contribution in [-0.4, -0.2) is 30.6 Å². The Bertz CT molecular complexity index is 981. The number of nitrogens with zero attached hydrogens (tertiary/aromatic N) is 1. The molecule has 150 valence electrons. The van der Waals surface area contributed by atoms with Crippen molar-refractivity contribution in [2.75, 3.05) is 11.5 Å². The molecule has 1 heterocycles. The Labute approximate surface area is 168 Å². The third kappa shape index (κ3) is 4.29. The van der Waals surface area contributed by atoms with Crippen molar-refractivity contribution < 1.29 is 23.9 Å². The number of hydrogen-bond acceptors (Lipinski definition) is 5. The normalized spacial score (nSPS) is 15.7. The minimum Gasteiger partial charge on any atom is -0.492 e. The van der Waals surface area contributed by atoms with E-state index in [9.17, 15) is 14.4 Å². The van der Waals surface area contributed by atoms with E-state index in [2.05, 4.69) is 5.32 Å². The monoisotopic (exact) mass is 394 g/mol. The zero-order valence-electron chi connectivity index (χ0n) is 16.5. The van der Waals surface area contributed by atoms with E-state index in [1.165, 1.54) is 6.08 Å². The number of amides is 4. The quantitative estimate of drug-likeness (QED) is 0.598. The van der Waals surface area contributed by atoms with Gasteiger partial charge >= 0.3 is 6.03 Å². The largest absolute Gasteiger partial charge is 0.492 e. The molecular weight excluding hydrogens is 372 g/mol. The van der Waals surface area contributed by atoms with Gasteiger partial charge in [-0.2, -0.15) is 0 Å². The molecule has 0 bridgehead atoms. The molecule has 29 heavy (non-hydrogen) atoms. The maximum absolute atomic E-state index is 13.1. The van der Waals surface area contributed by atoms with Crippen LogP contribution < -0.4 is 19.7 Å². The van der Waals surface area contributed by atoms with Crippen molar-refractivity contribution in [2.24, 2.45) is 0 Å². The van der Waals surface area contributed by atoms with Crippen LogP contribution in [-0.2, 0) is 9.59 Å². The van der Waals surface area contributed by atoms with E-state index >= 15 is 0 Å². The van der Waals surface area contributed by atoms with Crippen LogP contribution >= 0.6 is 0 Å². The second-order valence-corrected chi connectivity index (χ2v) is 6.56. The van der Waals surface area contributed by atoms with Crippen LogP contribution in [0.2, 0.25) is 0 Å². The summed E-state index contributed by atoms with van der Waals surface area (Å²) in [5, 5.41) is 2.22. The first kappa shape index (κ1) is 20.1. The maximum Gasteiger partial charge on any atom is 0.336 e. The molecule has 0 unspecified atom stereocenters. The van der Waals surface area contributed by atoms with Crippen LogP contribution in [0, 0.1) is 0 Å². The molecule has 0 spiro atoms. The Kier molecular flexibility index (Phi) is 5.97. The van der Waals surface area contributed by atoms with Gasteiger partial charge in [-0.05, 0) is 45.0 Å². The lowest BCUT2D eigenvalue weighted by atomic mass is 10.1. The highest BCUT2D eigenvalue weighted by Crippen LogP contribution is 2.31. The summed E-state index contributed by atoms with van der Waals surface area (Å²) in [5.74, 6) is -0.584. The van der Waals surface area contributed by atoms with Crippen LogP contribution in [0.1, 0.15) is 26.3 Å². The Morgan fingerprint density at radius 1 is 1.00 bits per heavy atom. The van der Waals surface area contributed by atoms with Crippen molar-refractivity contribution in [1.29, 1.82) is 0 Å². The van der Waals surface area contributed by atoms with Gasteiger partial charge in [-0.3, -0.25) is 14.9 Å². The number of ether oxygens (including phenoxy) is 2. The van der Waals surface area contributed by atoms with Crippen LogP contribution in [0.25, 0.3) is 6.08 Å². The predicted molar refractivity (Wildman–Crippen MR) is 109 cm³/mol. The van der Waals surface area contributed by atoms with Crippen LogP contribution in [0.15, 0.2) is 54.1 Å². The van der Waals surface area contributed by atoms with Crippen molar-refractivity contribution >= 4 is 29.6 Å². The molecule has 0 atom stereocenters. The molecule has 0 aromatic heterocycles. The number of carbonyl (C=O) groups is 3. The van der Waals surface area contributed by atoms with Gasteiger partial charge in [0.05, 0.1) is 18.4 Å². The summed E-state index contributed by atoms with van der Waals surface area (Å²) in [6.45, 7) is 5.93. The minimum absolute atomic E-state index is 0.0819. The van der Waals surface area contributed by atoms with Gasteiger partial charge in [-0.25, -0.2) is 9.69 Å². The molecular formula is C22H22N2O5. The van der Waals surface area contributed by atoms with E-state index in [-0.39, 0.29) is 17.4 Å². The number of para-hydroxylation sites is 3. The summed E-state index contributed by atoms with van der Waals surface area (Å²) in [5.41, 5.74) is 0.657. The number of hydrogen-bond donors (Lipinski definition) is 1. The smallest absolute Gasteiger partial charge is 0.336 e. The maximum atomic E-state index is 13.1. The first-order valence-corrected chi connectivity index (χ1v) is 9.31. The third-order valence-electron chi connectivity index (χ3n) is 4.09. The molecule has 1 saturated heterocycles. The standard InChI is InChI=1S/C22H22N2O5/c1-4-28-19-12-8-6-10-17(19)24-21(26)16(20(25)23-22(24)27)13-15-9-5-7-11-18(15)29-14(2)3/h5-14H,4H2,1-3H3,(H,23,25,27)/b16-13+. The second-order valence-electron chi connectivity index (χ2n) is 6.56. The Hall–Kier alpha value is -3.61. The number of carbonyl (C=O) groups excluding carboxylic acids is 3. The van der Waals surface area contributed by atoms with Crippen molar-refractivity contribution in [3.05, 3.63) is 59.7 Å². The average Bonchev–Trinajstić information content (AvgIpc) is 2.67. The van der Waals surface area contributed by atoms with Gasteiger partial charge in [0, 0.05) is 5.56 Å². The summed E-state index contributed by atoms with van der Waals surface area (Å²) < 4.78 is 11.3. The van der Waals surface area contributed by atoms with Gasteiger partial charge in [0.2, 0.25) is 0 Å². The third-order valence-corrected chi connectivity index (χ3v) is 4.09. The SMILES string of the molecule is CCOc1ccccc1N1C(=O)NC(=O)/C(=C\c2ccccc2OC(C)C)C1=O. The number of benzene rings is 2. The average molecular weight is 394 g/mol. The fraction of sp³-hybridized carbons (Fsp3) is 0.227. The van der Waals surface area contributed by atoms with Crippen LogP contribution in [0.4, 0.5) is 10.5 Å². The van der Waals surface area contributed by atoms with Gasteiger partial charge in [0.15, 0.2) is 0 Å². The number of nitrogens with one attached hydrogen (secondary N) is 1.